The molecule has 0 aromatic carbocycles. The van der Waals surface area contributed by atoms with Crippen LogP contribution in [0.3, 0.4) is 0 Å². The lowest BCUT2D eigenvalue weighted by Gasteiger charge is -2.13. The van der Waals surface area contributed by atoms with Crippen molar-refractivity contribution in [2.45, 2.75) is 26.9 Å². The molecule has 0 bridgehead atoms. The molecule has 0 spiro atoms. The standard InChI is InChI=1S/C7H13NO/c1-5(2)7-6(3)4-8-9-7/h4-5,7-8H,1-3H3. The van der Waals surface area contributed by atoms with E-state index in [1.54, 1.807) is 0 Å². The molecule has 1 unspecified atom stereocenters. The predicted octanol–water partition coefficient (Wildman–Crippen LogP) is 1.45. The Morgan fingerprint density at radius 2 is 2.33 bits per heavy atom. The van der Waals surface area contributed by atoms with Crippen LogP contribution in [0, 0.1) is 5.92 Å². The maximum Gasteiger partial charge on any atom is 0.110 e. The van der Waals surface area contributed by atoms with E-state index in [2.05, 4.69) is 26.3 Å². The van der Waals surface area contributed by atoms with Gasteiger partial charge in [0.25, 0.3) is 0 Å². The fourth-order valence-electron chi connectivity index (χ4n) is 1.04. The van der Waals surface area contributed by atoms with Gasteiger partial charge in [-0.25, -0.2) is 0 Å². The largest absolute Gasteiger partial charge is 0.274 e. The molecule has 0 saturated heterocycles. The van der Waals surface area contributed by atoms with Crippen molar-refractivity contribution in [2.24, 2.45) is 5.92 Å². The van der Waals surface area contributed by atoms with Gasteiger partial charge in [-0.15, -0.1) is 0 Å². The molecular weight excluding hydrogens is 114 g/mol. The summed E-state index contributed by atoms with van der Waals surface area (Å²) in [6, 6.07) is 0. The van der Waals surface area contributed by atoms with Gasteiger partial charge in [-0.05, 0) is 18.4 Å². The van der Waals surface area contributed by atoms with E-state index in [0.717, 1.165) is 0 Å². The summed E-state index contributed by atoms with van der Waals surface area (Å²) in [6.45, 7) is 6.37. The lowest BCUT2D eigenvalue weighted by molar-refractivity contribution is 0.0176. The van der Waals surface area contributed by atoms with Crippen molar-refractivity contribution >= 4 is 0 Å². The minimum atomic E-state index is 0.282. The number of hydrogen-bond donors (Lipinski definition) is 1. The molecule has 0 aromatic heterocycles. The maximum atomic E-state index is 5.18. The summed E-state index contributed by atoms with van der Waals surface area (Å²) in [4.78, 5) is 5.18. The van der Waals surface area contributed by atoms with Gasteiger partial charge in [0, 0.05) is 6.20 Å². The van der Waals surface area contributed by atoms with Gasteiger partial charge in [0.1, 0.15) is 6.10 Å². The van der Waals surface area contributed by atoms with Crippen LogP contribution in [0.1, 0.15) is 20.8 Å². The van der Waals surface area contributed by atoms with Gasteiger partial charge >= 0.3 is 0 Å². The highest BCUT2D eigenvalue weighted by molar-refractivity contribution is 5.07. The lowest BCUT2D eigenvalue weighted by atomic mass is 10.0. The summed E-state index contributed by atoms with van der Waals surface area (Å²) in [5.41, 5.74) is 4.02. The molecule has 52 valence electrons. The van der Waals surface area contributed by atoms with E-state index in [9.17, 15) is 0 Å². The summed E-state index contributed by atoms with van der Waals surface area (Å²) >= 11 is 0. The van der Waals surface area contributed by atoms with E-state index in [1.165, 1.54) is 5.57 Å². The summed E-state index contributed by atoms with van der Waals surface area (Å²) in [5, 5.41) is 0. The number of hydroxylamine groups is 1. The van der Waals surface area contributed by atoms with Crippen molar-refractivity contribution in [3.63, 3.8) is 0 Å². The zero-order chi connectivity index (χ0) is 6.85. The third-order valence-electron chi connectivity index (χ3n) is 1.54. The highest BCUT2D eigenvalue weighted by atomic mass is 16.7. The highest BCUT2D eigenvalue weighted by Gasteiger charge is 2.19. The third kappa shape index (κ3) is 1.24. The molecule has 1 atom stereocenters. The van der Waals surface area contributed by atoms with E-state index >= 15 is 0 Å². The van der Waals surface area contributed by atoms with Crippen molar-refractivity contribution in [2.75, 3.05) is 0 Å². The van der Waals surface area contributed by atoms with Crippen LogP contribution in [0.2, 0.25) is 0 Å². The van der Waals surface area contributed by atoms with Crippen LogP contribution in [0.25, 0.3) is 0 Å². The molecule has 0 aliphatic carbocycles. The van der Waals surface area contributed by atoms with Crippen molar-refractivity contribution in [3.8, 4) is 0 Å². The van der Waals surface area contributed by atoms with E-state index in [1.807, 2.05) is 6.20 Å². The second kappa shape index (κ2) is 2.40. The first-order valence-electron chi connectivity index (χ1n) is 3.29. The normalized spacial score (nSPS) is 26.2. The Labute approximate surface area is 55.9 Å². The first kappa shape index (κ1) is 6.62. The predicted molar refractivity (Wildman–Crippen MR) is 36.6 cm³/mol. The Balaban J connectivity index is 2.53. The molecule has 0 radical (unpaired) electrons. The fourth-order valence-corrected chi connectivity index (χ4v) is 1.04. The van der Waals surface area contributed by atoms with Crippen LogP contribution in [0.5, 0.6) is 0 Å². The lowest BCUT2D eigenvalue weighted by Crippen LogP contribution is -2.18. The van der Waals surface area contributed by atoms with Crippen LogP contribution < -0.4 is 5.48 Å². The van der Waals surface area contributed by atoms with Crippen LogP contribution >= 0.6 is 0 Å². The Kier molecular flexibility index (Phi) is 1.76. The molecular formula is C7H13NO. The number of rotatable bonds is 1. The van der Waals surface area contributed by atoms with Crippen LogP contribution in [0.4, 0.5) is 0 Å². The number of hydrogen-bond acceptors (Lipinski definition) is 2. The van der Waals surface area contributed by atoms with Gasteiger partial charge in [-0.2, -0.15) is 0 Å². The summed E-state index contributed by atoms with van der Waals surface area (Å²) in [5.74, 6) is 0.566. The van der Waals surface area contributed by atoms with E-state index < -0.39 is 0 Å². The highest BCUT2D eigenvalue weighted by Crippen LogP contribution is 2.17. The molecule has 2 heteroatoms. The van der Waals surface area contributed by atoms with Crippen molar-refractivity contribution < 1.29 is 4.84 Å². The van der Waals surface area contributed by atoms with Crippen molar-refractivity contribution in [1.82, 2.24) is 5.48 Å². The van der Waals surface area contributed by atoms with Gasteiger partial charge in [0.15, 0.2) is 0 Å². The quantitative estimate of drug-likeness (QED) is 0.575. The van der Waals surface area contributed by atoms with Crippen LogP contribution in [-0.4, -0.2) is 6.10 Å². The van der Waals surface area contributed by atoms with Crippen molar-refractivity contribution in [1.29, 1.82) is 0 Å². The van der Waals surface area contributed by atoms with Gasteiger partial charge in [0.2, 0.25) is 0 Å². The van der Waals surface area contributed by atoms with E-state index in [-0.39, 0.29) is 6.10 Å². The zero-order valence-electron chi connectivity index (χ0n) is 6.14. The molecule has 2 nitrogen and oxygen atoms in total. The van der Waals surface area contributed by atoms with Crippen molar-refractivity contribution in [3.05, 3.63) is 11.8 Å². The third-order valence-corrected chi connectivity index (χ3v) is 1.54. The average Bonchev–Trinajstić information content (AvgIpc) is 2.13. The zero-order valence-corrected chi connectivity index (χ0v) is 6.14. The molecule has 1 N–H and O–H groups in total. The van der Waals surface area contributed by atoms with E-state index in [0.29, 0.717) is 5.92 Å². The minimum absolute atomic E-state index is 0.282. The average molecular weight is 127 g/mol. The monoisotopic (exact) mass is 127 g/mol. The van der Waals surface area contributed by atoms with E-state index in [4.69, 9.17) is 4.84 Å². The Bertz CT molecular complexity index is 129. The van der Waals surface area contributed by atoms with Crippen LogP contribution in [-0.2, 0) is 4.84 Å². The molecule has 1 heterocycles. The summed E-state index contributed by atoms with van der Waals surface area (Å²) < 4.78 is 0. The van der Waals surface area contributed by atoms with Crippen LogP contribution in [0.15, 0.2) is 11.8 Å². The topological polar surface area (TPSA) is 21.3 Å². The maximum absolute atomic E-state index is 5.18. The Morgan fingerprint density at radius 3 is 2.56 bits per heavy atom. The second-order valence-electron chi connectivity index (χ2n) is 2.79. The molecule has 0 saturated carbocycles. The minimum Gasteiger partial charge on any atom is -0.274 e. The Morgan fingerprint density at radius 1 is 1.67 bits per heavy atom. The number of nitrogens with one attached hydrogen (secondary N) is 1. The molecule has 1 rings (SSSR count). The summed E-state index contributed by atoms with van der Waals surface area (Å²) in [7, 11) is 0. The first-order chi connectivity index (χ1) is 4.22. The van der Waals surface area contributed by atoms with Gasteiger partial charge < -0.3 is 0 Å². The Hall–Kier alpha value is -0.500. The van der Waals surface area contributed by atoms with Gasteiger partial charge in [0.05, 0.1) is 0 Å². The van der Waals surface area contributed by atoms with Gasteiger partial charge in [-0.3, -0.25) is 10.3 Å². The molecule has 1 aliphatic heterocycles. The molecule has 0 fully saturated rings. The van der Waals surface area contributed by atoms with Gasteiger partial charge in [-0.1, -0.05) is 13.8 Å². The molecule has 0 aromatic rings. The summed E-state index contributed by atoms with van der Waals surface area (Å²) in [6.07, 6.45) is 2.19. The smallest absolute Gasteiger partial charge is 0.110 e. The molecule has 9 heavy (non-hydrogen) atoms. The SMILES string of the molecule is CC1=CNOC1C(C)C. The second-order valence-corrected chi connectivity index (χ2v) is 2.79. The fraction of sp³-hybridized carbons (Fsp3) is 0.714. The molecule has 0 amide bonds. The molecule has 1 aliphatic rings. The first-order valence-corrected chi connectivity index (χ1v) is 3.29.